The first-order chi connectivity index (χ1) is 28.8. The second kappa shape index (κ2) is 11.7. The predicted octanol–water partition coefficient (Wildman–Crippen LogP) is 13.2. The van der Waals surface area contributed by atoms with Gasteiger partial charge in [-0.05, 0) is 65.7 Å². The highest BCUT2D eigenvalue weighted by molar-refractivity contribution is 6.24. The van der Waals surface area contributed by atoms with Gasteiger partial charge in [0.1, 0.15) is 22.3 Å². The number of rotatable bonds is 4. The molecule has 0 unspecified atom stereocenters. The minimum Gasteiger partial charge on any atom is -0.456 e. The summed E-state index contributed by atoms with van der Waals surface area (Å²) in [5, 5.41) is 8.60. The first kappa shape index (κ1) is 31.2. The lowest BCUT2D eigenvalue weighted by Gasteiger charge is -2.14. The Balaban J connectivity index is 1.19. The molecule has 0 aliphatic heterocycles. The first-order valence-corrected chi connectivity index (χ1v) is 19.4. The number of benzene rings is 8. The zero-order valence-corrected chi connectivity index (χ0v) is 30.8. The third-order valence-corrected chi connectivity index (χ3v) is 11.6. The molecule has 13 rings (SSSR count). The third kappa shape index (κ3) is 4.35. The minimum atomic E-state index is 0.497. The van der Waals surface area contributed by atoms with Crippen LogP contribution in [0.4, 0.5) is 0 Å². The SMILES string of the molecule is c1ccc(-c2cc(-c3nc(-n4c5ccccc5c5ccccc54)nc(-n4c5ccccc5c5ccc6oc7ccccc7c6c54)n3)cc3oc4ccccc4c23)cc1. The standard InChI is InChI=1S/C51H29N5O2/c1-2-14-30(15-3-1)38-28-31(29-45-46(38)36-19-7-12-24-42(36)58-45)49-52-50(55-39-21-9-4-16-32(39)33-17-5-10-22-40(33)55)54-51(53-49)56-41-23-11-6-18-34(41)35-26-27-44-47(48(35)56)37-20-8-13-25-43(37)57-44/h1-29H. The van der Waals surface area contributed by atoms with Crippen LogP contribution in [0, 0.1) is 0 Å². The van der Waals surface area contributed by atoms with Gasteiger partial charge in [0, 0.05) is 43.3 Å². The number of aromatic nitrogens is 5. The van der Waals surface area contributed by atoms with Crippen LogP contribution in [0.1, 0.15) is 0 Å². The van der Waals surface area contributed by atoms with Crippen molar-refractivity contribution in [2.24, 2.45) is 0 Å². The quantitative estimate of drug-likeness (QED) is 0.179. The summed E-state index contributed by atoms with van der Waals surface area (Å²) in [6, 6.07) is 60.7. The molecule has 8 aromatic carbocycles. The molecule has 0 N–H and O–H groups in total. The highest BCUT2D eigenvalue weighted by atomic mass is 16.3. The third-order valence-electron chi connectivity index (χ3n) is 11.6. The molecule has 0 radical (unpaired) electrons. The monoisotopic (exact) mass is 743 g/mol. The number of nitrogens with zero attached hydrogens (tertiary/aromatic N) is 5. The Hall–Kier alpha value is -8.03. The molecule has 270 valence electrons. The minimum absolute atomic E-state index is 0.497. The van der Waals surface area contributed by atoms with E-state index in [1.54, 1.807) is 0 Å². The van der Waals surface area contributed by atoms with Gasteiger partial charge in [-0.25, -0.2) is 0 Å². The Morgan fingerprint density at radius 3 is 1.53 bits per heavy atom. The molecule has 7 heteroatoms. The van der Waals surface area contributed by atoms with Gasteiger partial charge in [-0.2, -0.15) is 15.0 Å². The van der Waals surface area contributed by atoms with E-state index in [0.29, 0.717) is 17.7 Å². The second-order valence-electron chi connectivity index (χ2n) is 14.8. The maximum Gasteiger partial charge on any atom is 0.240 e. The van der Waals surface area contributed by atoms with E-state index >= 15 is 0 Å². The fourth-order valence-electron chi connectivity index (χ4n) is 9.12. The average Bonchev–Trinajstić information content (AvgIpc) is 4.04. The molecular formula is C51H29N5O2. The number of furan rings is 2. The molecule has 0 amide bonds. The summed E-state index contributed by atoms with van der Waals surface area (Å²) in [6.07, 6.45) is 0. The first-order valence-electron chi connectivity index (χ1n) is 19.4. The smallest absolute Gasteiger partial charge is 0.240 e. The Labute approximate surface area is 329 Å². The summed E-state index contributed by atoms with van der Waals surface area (Å²) in [6.45, 7) is 0. The summed E-state index contributed by atoms with van der Waals surface area (Å²) in [4.78, 5) is 16.3. The molecule has 0 aliphatic carbocycles. The molecule has 7 nitrogen and oxygen atoms in total. The van der Waals surface area contributed by atoms with E-state index in [9.17, 15) is 0 Å². The van der Waals surface area contributed by atoms with Crippen molar-refractivity contribution >= 4 is 87.5 Å². The molecule has 58 heavy (non-hydrogen) atoms. The molecule has 0 fully saturated rings. The van der Waals surface area contributed by atoms with Gasteiger partial charge in [-0.15, -0.1) is 0 Å². The van der Waals surface area contributed by atoms with E-state index in [0.717, 1.165) is 104 Å². The van der Waals surface area contributed by atoms with Crippen molar-refractivity contribution in [3.63, 3.8) is 0 Å². The number of para-hydroxylation sites is 5. The van der Waals surface area contributed by atoms with Gasteiger partial charge in [-0.1, -0.05) is 121 Å². The zero-order chi connectivity index (χ0) is 37.9. The molecule has 0 atom stereocenters. The molecule has 13 aromatic rings. The van der Waals surface area contributed by atoms with Crippen LogP contribution in [0.5, 0.6) is 0 Å². The maximum absolute atomic E-state index is 6.60. The molecule has 0 saturated heterocycles. The lowest BCUT2D eigenvalue weighted by atomic mass is 9.97. The second-order valence-corrected chi connectivity index (χ2v) is 14.8. The average molecular weight is 744 g/mol. The van der Waals surface area contributed by atoms with Crippen LogP contribution in [-0.2, 0) is 0 Å². The van der Waals surface area contributed by atoms with Crippen LogP contribution < -0.4 is 0 Å². The molecule has 0 bridgehead atoms. The van der Waals surface area contributed by atoms with Crippen molar-refractivity contribution in [1.29, 1.82) is 0 Å². The summed E-state index contributed by atoms with van der Waals surface area (Å²) >= 11 is 0. The number of hydrogen-bond acceptors (Lipinski definition) is 5. The molecule has 5 heterocycles. The van der Waals surface area contributed by atoms with Crippen LogP contribution in [0.15, 0.2) is 185 Å². The van der Waals surface area contributed by atoms with Gasteiger partial charge in [-0.3, -0.25) is 9.13 Å². The van der Waals surface area contributed by atoms with E-state index < -0.39 is 0 Å². The Morgan fingerprint density at radius 1 is 0.345 bits per heavy atom. The lowest BCUT2D eigenvalue weighted by Crippen LogP contribution is -2.10. The van der Waals surface area contributed by atoms with Crippen LogP contribution in [-0.4, -0.2) is 24.1 Å². The molecule has 0 spiro atoms. The van der Waals surface area contributed by atoms with Crippen molar-refractivity contribution in [2.45, 2.75) is 0 Å². The van der Waals surface area contributed by atoms with Crippen LogP contribution in [0.25, 0.3) is 122 Å². The lowest BCUT2D eigenvalue weighted by molar-refractivity contribution is 0.668. The Bertz CT molecular complexity index is 3760. The van der Waals surface area contributed by atoms with Crippen LogP contribution in [0.2, 0.25) is 0 Å². The Kier molecular flexibility index (Phi) is 6.32. The maximum atomic E-state index is 6.60. The molecular weight excluding hydrogens is 715 g/mol. The summed E-state index contributed by atoms with van der Waals surface area (Å²) in [7, 11) is 0. The molecule has 0 aliphatic rings. The Morgan fingerprint density at radius 2 is 0.862 bits per heavy atom. The number of hydrogen-bond donors (Lipinski definition) is 0. The highest BCUT2D eigenvalue weighted by Crippen LogP contribution is 2.43. The van der Waals surface area contributed by atoms with E-state index in [-0.39, 0.29) is 0 Å². The van der Waals surface area contributed by atoms with Gasteiger partial charge in [0.15, 0.2) is 5.82 Å². The van der Waals surface area contributed by atoms with Gasteiger partial charge >= 0.3 is 0 Å². The van der Waals surface area contributed by atoms with Crippen molar-refractivity contribution < 1.29 is 8.83 Å². The van der Waals surface area contributed by atoms with Crippen LogP contribution in [0.3, 0.4) is 0 Å². The fourth-order valence-corrected chi connectivity index (χ4v) is 9.12. The van der Waals surface area contributed by atoms with Gasteiger partial charge < -0.3 is 8.83 Å². The van der Waals surface area contributed by atoms with Gasteiger partial charge in [0.25, 0.3) is 0 Å². The summed E-state index contributed by atoms with van der Waals surface area (Å²) in [5.74, 6) is 1.53. The number of fused-ring (bicyclic) bond motifs is 13. The fraction of sp³-hybridized carbons (Fsp3) is 0. The van der Waals surface area contributed by atoms with Crippen molar-refractivity contribution in [3.8, 4) is 34.4 Å². The van der Waals surface area contributed by atoms with Crippen molar-refractivity contribution in [1.82, 2.24) is 24.1 Å². The molecule has 0 saturated carbocycles. The van der Waals surface area contributed by atoms with Gasteiger partial charge in [0.05, 0.1) is 27.5 Å². The summed E-state index contributed by atoms with van der Waals surface area (Å²) in [5.41, 5.74) is 10.1. The van der Waals surface area contributed by atoms with Crippen molar-refractivity contribution in [3.05, 3.63) is 176 Å². The van der Waals surface area contributed by atoms with E-state index in [1.807, 2.05) is 30.3 Å². The largest absolute Gasteiger partial charge is 0.456 e. The predicted molar refractivity (Wildman–Crippen MR) is 234 cm³/mol. The van der Waals surface area contributed by atoms with E-state index in [4.69, 9.17) is 23.8 Å². The van der Waals surface area contributed by atoms with Crippen molar-refractivity contribution in [2.75, 3.05) is 0 Å². The topological polar surface area (TPSA) is 74.8 Å². The highest BCUT2D eigenvalue weighted by Gasteiger charge is 2.24. The summed E-state index contributed by atoms with van der Waals surface area (Å²) < 4.78 is 17.4. The zero-order valence-electron chi connectivity index (χ0n) is 30.8. The molecule has 5 aromatic heterocycles. The van der Waals surface area contributed by atoms with Crippen LogP contribution >= 0.6 is 0 Å². The van der Waals surface area contributed by atoms with E-state index in [2.05, 4.69) is 155 Å². The normalized spacial score (nSPS) is 12.1. The van der Waals surface area contributed by atoms with Gasteiger partial charge in [0.2, 0.25) is 11.9 Å². The van der Waals surface area contributed by atoms with E-state index in [1.165, 1.54) is 0 Å².